The van der Waals surface area contributed by atoms with Crippen molar-refractivity contribution in [2.24, 2.45) is 0 Å². The van der Waals surface area contributed by atoms with Crippen LogP contribution in [-0.2, 0) is 32.6 Å². The first-order valence-electron chi connectivity index (χ1n) is 14.6. The zero-order chi connectivity index (χ0) is 31.5. The molecule has 9 heteroatoms. The van der Waals surface area contributed by atoms with Crippen molar-refractivity contribution in [3.63, 3.8) is 0 Å². The van der Waals surface area contributed by atoms with Gasteiger partial charge in [-0.3, -0.25) is 13.9 Å². The van der Waals surface area contributed by atoms with Gasteiger partial charge < -0.3 is 15.0 Å². The lowest BCUT2D eigenvalue weighted by Gasteiger charge is -2.34. The number of carbonyl (C=O) groups excluding carboxylic acids is 2. The molecule has 0 bridgehead atoms. The Hall–Kier alpha value is -4.63. The molecule has 230 valence electrons. The van der Waals surface area contributed by atoms with Gasteiger partial charge in [0, 0.05) is 19.5 Å². The van der Waals surface area contributed by atoms with Gasteiger partial charge in [-0.1, -0.05) is 85.3 Å². The molecule has 0 aliphatic carbocycles. The Kier molecular flexibility index (Phi) is 11.2. The molecular formula is C35H39N3O5S. The fraction of sp³-hybridized carbons (Fsp3) is 0.257. The van der Waals surface area contributed by atoms with Gasteiger partial charge in [-0.05, 0) is 60.9 Å². The average Bonchev–Trinajstić information content (AvgIpc) is 3.04. The topological polar surface area (TPSA) is 96.0 Å². The molecule has 2 amide bonds. The van der Waals surface area contributed by atoms with Gasteiger partial charge in [-0.15, -0.1) is 0 Å². The molecule has 8 nitrogen and oxygen atoms in total. The maximum Gasteiger partial charge on any atom is 0.264 e. The maximum atomic E-state index is 14.4. The molecule has 4 aromatic carbocycles. The molecule has 1 N–H and O–H groups in total. The number of methoxy groups -OCH3 is 1. The Morgan fingerprint density at radius 1 is 0.841 bits per heavy atom. The van der Waals surface area contributed by atoms with Gasteiger partial charge in [0.2, 0.25) is 11.8 Å². The van der Waals surface area contributed by atoms with Crippen LogP contribution in [0.2, 0.25) is 0 Å². The number of hydrogen-bond acceptors (Lipinski definition) is 5. The van der Waals surface area contributed by atoms with Gasteiger partial charge in [0.05, 0.1) is 17.7 Å². The average molecular weight is 614 g/mol. The number of anilines is 1. The number of nitrogens with one attached hydrogen (secondary N) is 1. The number of carbonyl (C=O) groups is 2. The normalized spacial score (nSPS) is 11.8. The van der Waals surface area contributed by atoms with E-state index in [1.165, 1.54) is 24.1 Å². The number of amides is 2. The lowest BCUT2D eigenvalue weighted by atomic mass is 10.0. The molecule has 0 fully saturated rings. The van der Waals surface area contributed by atoms with Crippen LogP contribution in [0.1, 0.15) is 30.0 Å². The first kappa shape index (κ1) is 32.3. The Morgan fingerprint density at radius 2 is 1.48 bits per heavy atom. The van der Waals surface area contributed by atoms with Gasteiger partial charge in [-0.25, -0.2) is 8.42 Å². The number of rotatable bonds is 14. The molecule has 4 rings (SSSR count). The number of nitrogens with zero attached hydrogens (tertiary/aromatic N) is 2. The minimum atomic E-state index is -4.18. The van der Waals surface area contributed by atoms with Crippen LogP contribution in [0.3, 0.4) is 0 Å². The van der Waals surface area contributed by atoms with E-state index in [1.54, 1.807) is 42.5 Å². The van der Waals surface area contributed by atoms with E-state index in [4.69, 9.17) is 4.74 Å². The van der Waals surface area contributed by atoms with Gasteiger partial charge in [0.15, 0.2) is 0 Å². The third-order valence-corrected chi connectivity index (χ3v) is 9.01. The third kappa shape index (κ3) is 8.26. The van der Waals surface area contributed by atoms with E-state index < -0.39 is 28.5 Å². The summed E-state index contributed by atoms with van der Waals surface area (Å²) in [5, 5.41) is 2.96. The van der Waals surface area contributed by atoms with Crippen molar-refractivity contribution in [1.82, 2.24) is 10.2 Å². The van der Waals surface area contributed by atoms with Crippen molar-refractivity contribution in [1.29, 1.82) is 0 Å². The second-order valence-corrected chi connectivity index (χ2v) is 12.4. The molecule has 0 saturated carbocycles. The number of sulfonamides is 1. The molecule has 0 heterocycles. The number of benzene rings is 4. The number of hydrogen-bond donors (Lipinski definition) is 1. The van der Waals surface area contributed by atoms with Gasteiger partial charge in [0.25, 0.3) is 10.0 Å². The predicted molar refractivity (Wildman–Crippen MR) is 173 cm³/mol. The fourth-order valence-electron chi connectivity index (χ4n) is 4.93. The van der Waals surface area contributed by atoms with Crippen LogP contribution >= 0.6 is 0 Å². The van der Waals surface area contributed by atoms with Crippen LogP contribution in [-0.4, -0.2) is 51.4 Å². The second-order valence-electron chi connectivity index (χ2n) is 10.5. The molecule has 0 aliphatic heterocycles. The first-order valence-corrected chi connectivity index (χ1v) is 16.1. The smallest absolute Gasteiger partial charge is 0.264 e. The van der Waals surface area contributed by atoms with E-state index in [0.717, 1.165) is 27.4 Å². The lowest BCUT2D eigenvalue weighted by molar-refractivity contribution is -0.140. The molecule has 1 atom stereocenters. The third-order valence-electron chi connectivity index (χ3n) is 7.23. The van der Waals surface area contributed by atoms with Crippen LogP contribution in [0.15, 0.2) is 114 Å². The van der Waals surface area contributed by atoms with E-state index in [0.29, 0.717) is 18.0 Å². The summed E-state index contributed by atoms with van der Waals surface area (Å²) < 4.78 is 34.4. The van der Waals surface area contributed by atoms with Crippen molar-refractivity contribution < 1.29 is 22.7 Å². The monoisotopic (exact) mass is 613 g/mol. The highest BCUT2D eigenvalue weighted by Gasteiger charge is 2.34. The van der Waals surface area contributed by atoms with Gasteiger partial charge in [0.1, 0.15) is 18.3 Å². The molecule has 44 heavy (non-hydrogen) atoms. The van der Waals surface area contributed by atoms with Crippen molar-refractivity contribution in [3.8, 4) is 5.75 Å². The van der Waals surface area contributed by atoms with Crippen molar-refractivity contribution in [2.45, 2.75) is 44.2 Å². The summed E-state index contributed by atoms with van der Waals surface area (Å²) in [7, 11) is -2.67. The van der Waals surface area contributed by atoms with Crippen molar-refractivity contribution in [3.05, 3.63) is 126 Å². The lowest BCUT2D eigenvalue weighted by Crippen LogP contribution is -2.53. The minimum Gasteiger partial charge on any atom is -0.497 e. The fourth-order valence-corrected chi connectivity index (χ4v) is 6.34. The molecule has 0 saturated heterocycles. The standard InChI is InChI=1S/C35H39N3O5S/c1-4-22-36-35(40)33(24-28-13-7-5-8-14-28)37(25-29-15-11-12-27(2)23-29)34(39)26-38(30-16-9-6-10-17-30)44(41,42)32-20-18-31(43-3)19-21-32/h5-21,23,33H,4,22,24-26H2,1-3H3,(H,36,40). The summed E-state index contributed by atoms with van der Waals surface area (Å²) >= 11 is 0. The van der Waals surface area contributed by atoms with E-state index in [1.807, 2.05) is 68.4 Å². The highest BCUT2D eigenvalue weighted by molar-refractivity contribution is 7.92. The zero-order valence-electron chi connectivity index (χ0n) is 25.3. The number of aryl methyl sites for hydroxylation is 1. The molecular weight excluding hydrogens is 574 g/mol. The first-order chi connectivity index (χ1) is 21.2. The summed E-state index contributed by atoms with van der Waals surface area (Å²) in [6, 6.07) is 30.9. The summed E-state index contributed by atoms with van der Waals surface area (Å²) in [5.74, 6) is -0.279. The van der Waals surface area contributed by atoms with Crippen molar-refractivity contribution >= 4 is 27.5 Å². The van der Waals surface area contributed by atoms with Gasteiger partial charge in [-0.2, -0.15) is 0 Å². The summed E-state index contributed by atoms with van der Waals surface area (Å²) in [5.41, 5.74) is 3.07. The summed E-state index contributed by atoms with van der Waals surface area (Å²) in [6.45, 7) is 4.01. The Morgan fingerprint density at radius 3 is 2.09 bits per heavy atom. The van der Waals surface area contributed by atoms with Gasteiger partial charge >= 0.3 is 0 Å². The van der Waals surface area contributed by atoms with Crippen LogP contribution in [0.25, 0.3) is 0 Å². The highest BCUT2D eigenvalue weighted by atomic mass is 32.2. The predicted octanol–water partition coefficient (Wildman–Crippen LogP) is 5.37. The Labute approximate surface area is 260 Å². The van der Waals surface area contributed by atoms with E-state index >= 15 is 0 Å². The van der Waals surface area contributed by atoms with Crippen LogP contribution in [0, 0.1) is 6.92 Å². The highest BCUT2D eigenvalue weighted by Crippen LogP contribution is 2.26. The Bertz CT molecular complexity index is 1630. The molecule has 4 aromatic rings. The Balaban J connectivity index is 1.77. The van der Waals surface area contributed by atoms with E-state index in [-0.39, 0.29) is 23.8 Å². The molecule has 0 spiro atoms. The number of ether oxygens (including phenoxy) is 1. The van der Waals surface area contributed by atoms with E-state index in [9.17, 15) is 18.0 Å². The quantitative estimate of drug-likeness (QED) is 0.207. The minimum absolute atomic E-state index is 0.0155. The summed E-state index contributed by atoms with van der Waals surface area (Å²) in [4.78, 5) is 29.6. The zero-order valence-corrected chi connectivity index (χ0v) is 26.2. The maximum absolute atomic E-state index is 14.4. The SMILES string of the molecule is CCCNC(=O)C(Cc1ccccc1)N(Cc1cccc(C)c1)C(=O)CN(c1ccccc1)S(=O)(=O)c1ccc(OC)cc1. The molecule has 0 radical (unpaired) electrons. The van der Waals surface area contributed by atoms with Crippen LogP contribution in [0.4, 0.5) is 5.69 Å². The van der Waals surface area contributed by atoms with Crippen molar-refractivity contribution in [2.75, 3.05) is 24.5 Å². The molecule has 0 aliphatic rings. The van der Waals surface area contributed by atoms with Crippen LogP contribution < -0.4 is 14.4 Å². The molecule has 1 unspecified atom stereocenters. The summed E-state index contributed by atoms with van der Waals surface area (Å²) in [6.07, 6.45) is 1.00. The molecule has 0 aromatic heterocycles. The van der Waals surface area contributed by atoms with E-state index in [2.05, 4.69) is 5.32 Å². The van der Waals surface area contributed by atoms with Crippen LogP contribution in [0.5, 0.6) is 5.75 Å². The largest absolute Gasteiger partial charge is 0.497 e. The number of para-hydroxylation sites is 1. The second kappa shape index (κ2) is 15.2.